The maximum Gasteiger partial charge on any atom is 0.507 e. The zero-order valence-electron chi connectivity index (χ0n) is 25.2. The average molecular weight is 334 g/mol. The van der Waals surface area contributed by atoms with Gasteiger partial charge in [0.15, 0.2) is 5.13 Å². The summed E-state index contributed by atoms with van der Waals surface area (Å²) in [7, 11) is -0.941. The highest BCUT2D eigenvalue weighted by Crippen LogP contribution is 2.37. The molecule has 2 fully saturated rings. The van der Waals surface area contributed by atoms with Crippen molar-refractivity contribution < 1.29 is 25.8 Å². The fraction of sp³-hybridized carbons (Fsp3) is 0.812. The minimum Gasteiger partial charge on any atom is -0.399 e. The lowest BCUT2D eigenvalue weighted by Crippen LogP contribution is -2.41. The van der Waals surface area contributed by atoms with Gasteiger partial charge in [0, 0.05) is 29.4 Å². The molecule has 0 atom stereocenters. The van der Waals surface area contributed by atoms with Crippen LogP contribution in [0.25, 0.3) is 0 Å². The SMILES string of the molecule is [2H]C([2H])([2H])C1([2H])C([2H])([2H])C([2H])([2H])N(c2nc(C)c(B3OC(C)(C)C(C)(C)O3)s2)C([2H])([2H])C1([2H])[2H]. The molecule has 3 rings (SSSR count). The van der Waals surface area contributed by atoms with Crippen LogP contribution in [0.2, 0.25) is 0 Å². The Hall–Kier alpha value is -0.585. The van der Waals surface area contributed by atoms with E-state index >= 15 is 0 Å². The Bertz CT molecular complexity index is 949. The first-order valence-electron chi connectivity index (χ1n) is 12.9. The Kier molecular flexibility index (Phi) is 1.78. The quantitative estimate of drug-likeness (QED) is 0.779. The molecule has 0 aromatic carbocycles. The maximum atomic E-state index is 8.45. The lowest BCUT2D eigenvalue weighted by atomic mass is 9.86. The van der Waals surface area contributed by atoms with Gasteiger partial charge in [0.25, 0.3) is 0 Å². The van der Waals surface area contributed by atoms with E-state index in [0.29, 0.717) is 4.78 Å². The number of hydrogen-bond donors (Lipinski definition) is 0. The van der Waals surface area contributed by atoms with Gasteiger partial charge in [-0.3, -0.25) is 0 Å². The van der Waals surface area contributed by atoms with E-state index in [1.807, 2.05) is 27.7 Å². The van der Waals surface area contributed by atoms with Gasteiger partial charge in [0.05, 0.1) is 21.7 Å². The first-order valence-corrected chi connectivity index (χ1v) is 7.76. The van der Waals surface area contributed by atoms with E-state index in [-0.39, 0.29) is 10.6 Å². The average Bonchev–Trinajstić information content (AvgIpc) is 3.07. The maximum absolute atomic E-state index is 8.45. The molecule has 0 unspecified atom stereocenters. The van der Waals surface area contributed by atoms with Crippen LogP contribution in [0.1, 0.15) is 69.4 Å². The largest absolute Gasteiger partial charge is 0.507 e. The molecule has 2 saturated heterocycles. The normalized spacial score (nSPS) is 44.2. The van der Waals surface area contributed by atoms with Gasteiger partial charge in [-0.1, -0.05) is 6.85 Å². The van der Waals surface area contributed by atoms with Gasteiger partial charge in [-0.05, 0) is 53.3 Å². The van der Waals surface area contributed by atoms with Gasteiger partial charge in [-0.2, -0.15) is 0 Å². The van der Waals surface area contributed by atoms with E-state index in [1.54, 1.807) is 0 Å². The number of rotatable bonds is 2. The third kappa shape index (κ3) is 2.81. The number of aromatic nitrogens is 1. The van der Waals surface area contributed by atoms with Gasteiger partial charge in [0.1, 0.15) is 0 Å². The monoisotopic (exact) mass is 334 g/mol. The zero-order valence-corrected chi connectivity index (χ0v) is 14.0. The summed E-state index contributed by atoms with van der Waals surface area (Å²) in [5, 5.41) is -0.433. The van der Waals surface area contributed by atoms with Crippen LogP contribution < -0.4 is 9.68 Å². The Morgan fingerprint density at radius 3 is 2.45 bits per heavy atom. The molecule has 22 heavy (non-hydrogen) atoms. The molecule has 0 aliphatic carbocycles. The van der Waals surface area contributed by atoms with Crippen LogP contribution in [0, 0.1) is 12.8 Å². The van der Waals surface area contributed by atoms with Crippen LogP contribution in [0.3, 0.4) is 0 Å². The fourth-order valence-electron chi connectivity index (χ4n) is 2.04. The predicted octanol–water partition coefficient (Wildman–Crippen LogP) is 2.99. The molecular weight excluding hydrogens is 295 g/mol. The first kappa shape index (κ1) is 7.12. The molecule has 0 radical (unpaired) electrons. The summed E-state index contributed by atoms with van der Waals surface area (Å²) >= 11 is 0.728. The van der Waals surface area contributed by atoms with Crippen LogP contribution in [-0.2, 0) is 9.31 Å². The van der Waals surface area contributed by atoms with Gasteiger partial charge in [-0.25, -0.2) is 4.98 Å². The van der Waals surface area contributed by atoms with Crippen LogP contribution in [-0.4, -0.2) is 36.3 Å². The van der Waals surface area contributed by atoms with Gasteiger partial charge in [0.2, 0.25) is 0 Å². The number of nitrogens with zero attached hydrogens (tertiary/aromatic N) is 2. The summed E-state index contributed by atoms with van der Waals surface area (Å²) in [4.78, 5) is 4.35. The van der Waals surface area contributed by atoms with Crippen LogP contribution in [0.4, 0.5) is 5.13 Å². The van der Waals surface area contributed by atoms with E-state index in [9.17, 15) is 0 Å². The highest BCUT2D eigenvalue weighted by Gasteiger charge is 2.53. The van der Waals surface area contributed by atoms with Gasteiger partial charge < -0.3 is 14.2 Å². The van der Waals surface area contributed by atoms with Gasteiger partial charge in [-0.15, -0.1) is 11.3 Å². The van der Waals surface area contributed by atoms with E-state index in [0.717, 1.165) is 11.3 Å². The summed E-state index contributed by atoms with van der Waals surface area (Å²) in [6.45, 7) is -1.84. The van der Waals surface area contributed by atoms with E-state index < -0.39 is 61.9 Å². The summed E-state index contributed by atoms with van der Waals surface area (Å²) in [6.07, 6.45) is -7.38. The second kappa shape index (κ2) is 5.50. The van der Waals surface area contributed by atoms with Crippen LogP contribution in [0.15, 0.2) is 0 Å². The Morgan fingerprint density at radius 1 is 1.32 bits per heavy atom. The molecule has 122 valence electrons. The summed E-state index contributed by atoms with van der Waals surface area (Å²) < 4.78 is 111. The highest BCUT2D eigenvalue weighted by molar-refractivity contribution is 7.25. The van der Waals surface area contributed by atoms with Crippen molar-refractivity contribution in [3.63, 3.8) is 0 Å². The molecule has 2 aliphatic heterocycles. The van der Waals surface area contributed by atoms with E-state index in [1.165, 1.54) is 6.92 Å². The minimum atomic E-state index is -3.78. The molecule has 0 amide bonds. The Morgan fingerprint density at radius 2 is 1.91 bits per heavy atom. The molecule has 4 nitrogen and oxygen atoms in total. The van der Waals surface area contributed by atoms with Crippen LogP contribution >= 0.6 is 11.3 Å². The van der Waals surface area contributed by atoms with Crippen molar-refractivity contribution >= 4 is 28.4 Å². The summed E-state index contributed by atoms with van der Waals surface area (Å²) in [5.41, 5.74) is -1.17. The lowest BCUT2D eigenvalue weighted by molar-refractivity contribution is 0.00578. The Labute approximate surface area is 155 Å². The number of anilines is 1. The summed E-state index contributed by atoms with van der Waals surface area (Å²) in [6, 6.07) is 0. The molecule has 0 N–H and O–H groups in total. The number of hydrogen-bond acceptors (Lipinski definition) is 5. The van der Waals surface area contributed by atoms with Crippen molar-refractivity contribution in [3.8, 4) is 0 Å². The minimum absolute atomic E-state index is 0.172. The molecule has 0 saturated carbocycles. The lowest BCUT2D eigenvalue weighted by Gasteiger charge is -2.32. The molecule has 0 bridgehead atoms. The predicted molar refractivity (Wildman–Crippen MR) is 93.2 cm³/mol. The standard InChI is InChI=1S/C16H27BN2O2S/c1-11-7-9-19(10-8-11)14-18-12(2)13(22-14)17-20-15(3,4)16(5,6)21-17/h11H,7-10H2,1-6H3/i1D3,7D2,8D2,9D2,10D2,11D. The van der Waals surface area contributed by atoms with Crippen molar-refractivity contribution in [1.82, 2.24) is 4.98 Å². The Balaban J connectivity index is 2.20. The fourth-order valence-corrected chi connectivity index (χ4v) is 2.98. The van der Waals surface area contributed by atoms with Crippen molar-refractivity contribution in [2.24, 2.45) is 5.89 Å². The molecule has 2 aliphatic rings. The molecule has 3 heterocycles. The van der Waals surface area contributed by atoms with Gasteiger partial charge >= 0.3 is 7.12 Å². The number of piperidine rings is 1. The molecule has 6 heteroatoms. The third-order valence-corrected chi connectivity index (χ3v) is 5.23. The number of thiazole rings is 1. The molecule has 0 spiro atoms. The van der Waals surface area contributed by atoms with Crippen molar-refractivity contribution in [2.45, 2.75) is 65.4 Å². The summed E-state index contributed by atoms with van der Waals surface area (Å²) in [5.74, 6) is -3.78. The van der Waals surface area contributed by atoms with Crippen molar-refractivity contribution in [3.05, 3.63) is 5.69 Å². The zero-order chi connectivity index (χ0) is 26.7. The highest BCUT2D eigenvalue weighted by atomic mass is 32.1. The molecular formula is C16H27BN2O2S. The molecule has 1 aromatic rings. The van der Waals surface area contributed by atoms with Crippen molar-refractivity contribution in [2.75, 3.05) is 17.9 Å². The first-order chi connectivity index (χ1) is 14.8. The second-order valence-corrected chi connectivity index (χ2v) is 7.23. The number of aryl methyl sites for hydroxylation is 1. The van der Waals surface area contributed by atoms with Crippen molar-refractivity contribution in [1.29, 1.82) is 0 Å². The van der Waals surface area contributed by atoms with E-state index in [2.05, 4.69) is 4.98 Å². The van der Waals surface area contributed by atoms with Crippen LogP contribution in [0.5, 0.6) is 0 Å². The van der Waals surface area contributed by atoms with E-state index in [4.69, 9.17) is 25.8 Å². The second-order valence-electron chi connectivity index (χ2n) is 6.22. The smallest absolute Gasteiger partial charge is 0.399 e. The third-order valence-electron chi connectivity index (χ3n) is 4.07. The topological polar surface area (TPSA) is 34.6 Å². The molecule has 1 aromatic heterocycles.